The molecular formula is C11H14BrNO. The van der Waals surface area contributed by atoms with E-state index in [1.165, 1.54) is 18.7 Å². The van der Waals surface area contributed by atoms with Crippen LogP contribution in [0.25, 0.3) is 0 Å². The molecule has 1 fully saturated rings. The minimum Gasteiger partial charge on any atom is -0.375 e. The van der Waals surface area contributed by atoms with Crippen LogP contribution in [0.5, 0.6) is 0 Å². The molecule has 1 aliphatic heterocycles. The highest BCUT2D eigenvalue weighted by Gasteiger charge is 2.15. The minimum atomic E-state index is 0.716. The molecule has 1 aliphatic rings. The number of hydrogen-bond acceptors (Lipinski definition) is 2. The van der Waals surface area contributed by atoms with Crippen molar-refractivity contribution in [3.63, 3.8) is 0 Å². The molecule has 1 aromatic rings. The van der Waals surface area contributed by atoms with Gasteiger partial charge in [0.15, 0.2) is 0 Å². The molecule has 0 aromatic heterocycles. The quantitative estimate of drug-likeness (QED) is 0.592. The summed E-state index contributed by atoms with van der Waals surface area (Å²) in [6, 6.07) is 8.24. The van der Waals surface area contributed by atoms with E-state index in [1.807, 2.05) is 12.1 Å². The first-order valence-corrected chi connectivity index (χ1v) is 5.68. The summed E-state index contributed by atoms with van der Waals surface area (Å²) in [6.07, 6.45) is 0. The summed E-state index contributed by atoms with van der Waals surface area (Å²) in [5.74, 6) is 0. The normalized spacial score (nSPS) is 15.8. The van der Waals surface area contributed by atoms with E-state index in [9.17, 15) is 0 Å². The highest BCUT2D eigenvalue weighted by Crippen LogP contribution is 2.12. The van der Waals surface area contributed by atoms with Gasteiger partial charge in [0.2, 0.25) is 0 Å². The summed E-state index contributed by atoms with van der Waals surface area (Å²) in [7, 11) is 0. The van der Waals surface area contributed by atoms with Gasteiger partial charge in [0.25, 0.3) is 0 Å². The minimum absolute atomic E-state index is 0.716. The van der Waals surface area contributed by atoms with Gasteiger partial charge in [-0.1, -0.05) is 28.1 Å². The highest BCUT2D eigenvalue weighted by atomic mass is 79.9. The predicted molar refractivity (Wildman–Crippen MR) is 60.2 cm³/mol. The lowest BCUT2D eigenvalue weighted by molar-refractivity contribution is 0.114. The van der Waals surface area contributed by atoms with Crippen molar-refractivity contribution in [2.75, 3.05) is 26.2 Å². The van der Waals surface area contributed by atoms with Gasteiger partial charge in [-0.3, -0.25) is 4.90 Å². The lowest BCUT2D eigenvalue weighted by atomic mass is 10.2. The SMILES string of the molecule is Brc1cccc(COCCN2CC2)c1. The Morgan fingerprint density at radius 1 is 1.36 bits per heavy atom. The molecule has 14 heavy (non-hydrogen) atoms. The van der Waals surface area contributed by atoms with E-state index in [0.717, 1.165) is 17.6 Å². The molecule has 0 amide bonds. The van der Waals surface area contributed by atoms with Crippen molar-refractivity contribution in [1.29, 1.82) is 0 Å². The molecular weight excluding hydrogens is 242 g/mol. The van der Waals surface area contributed by atoms with Crippen LogP contribution in [-0.2, 0) is 11.3 Å². The zero-order valence-corrected chi connectivity index (χ0v) is 9.66. The lowest BCUT2D eigenvalue weighted by Gasteiger charge is -2.04. The van der Waals surface area contributed by atoms with E-state index in [4.69, 9.17) is 4.74 Å². The molecule has 2 nitrogen and oxygen atoms in total. The molecule has 0 bridgehead atoms. The number of hydrogen-bond donors (Lipinski definition) is 0. The van der Waals surface area contributed by atoms with Crippen LogP contribution >= 0.6 is 15.9 Å². The third-order valence-corrected chi connectivity index (χ3v) is 2.74. The fourth-order valence-corrected chi connectivity index (χ4v) is 1.75. The van der Waals surface area contributed by atoms with Gasteiger partial charge in [-0.25, -0.2) is 0 Å². The number of nitrogens with zero attached hydrogens (tertiary/aromatic N) is 1. The maximum Gasteiger partial charge on any atom is 0.0717 e. The molecule has 1 saturated heterocycles. The van der Waals surface area contributed by atoms with Crippen molar-refractivity contribution in [1.82, 2.24) is 4.90 Å². The number of benzene rings is 1. The average Bonchev–Trinajstić information content (AvgIpc) is 2.96. The fraction of sp³-hybridized carbons (Fsp3) is 0.455. The van der Waals surface area contributed by atoms with Gasteiger partial charge < -0.3 is 4.74 Å². The van der Waals surface area contributed by atoms with E-state index in [0.29, 0.717) is 6.61 Å². The molecule has 0 saturated carbocycles. The van der Waals surface area contributed by atoms with Crippen molar-refractivity contribution in [3.8, 4) is 0 Å². The Labute approximate surface area is 93.0 Å². The molecule has 1 aromatic carbocycles. The van der Waals surface area contributed by atoms with Gasteiger partial charge in [0, 0.05) is 24.1 Å². The van der Waals surface area contributed by atoms with E-state index >= 15 is 0 Å². The lowest BCUT2D eigenvalue weighted by Crippen LogP contribution is -2.07. The van der Waals surface area contributed by atoms with Crippen molar-refractivity contribution < 1.29 is 4.74 Å². The summed E-state index contributed by atoms with van der Waals surface area (Å²) in [5, 5.41) is 0. The fourth-order valence-electron chi connectivity index (χ4n) is 1.30. The van der Waals surface area contributed by atoms with E-state index in [-0.39, 0.29) is 0 Å². The van der Waals surface area contributed by atoms with Gasteiger partial charge in [-0.05, 0) is 17.7 Å². The first kappa shape index (κ1) is 10.1. The van der Waals surface area contributed by atoms with Crippen LogP contribution in [0.15, 0.2) is 28.7 Å². The van der Waals surface area contributed by atoms with Gasteiger partial charge in [0.05, 0.1) is 13.2 Å². The molecule has 3 heteroatoms. The van der Waals surface area contributed by atoms with Crippen LogP contribution in [0, 0.1) is 0 Å². The predicted octanol–water partition coefficient (Wildman–Crippen LogP) is 2.28. The van der Waals surface area contributed by atoms with Gasteiger partial charge in [-0.2, -0.15) is 0 Å². The van der Waals surface area contributed by atoms with Crippen LogP contribution in [0.4, 0.5) is 0 Å². The van der Waals surface area contributed by atoms with E-state index < -0.39 is 0 Å². The summed E-state index contributed by atoms with van der Waals surface area (Å²) in [5.41, 5.74) is 1.23. The molecule has 2 rings (SSSR count). The molecule has 0 radical (unpaired) electrons. The van der Waals surface area contributed by atoms with Gasteiger partial charge >= 0.3 is 0 Å². The standard InChI is InChI=1S/C11H14BrNO/c12-11-3-1-2-10(8-11)9-14-7-6-13-4-5-13/h1-3,8H,4-7,9H2. The summed E-state index contributed by atoms with van der Waals surface area (Å²) >= 11 is 3.44. The monoisotopic (exact) mass is 255 g/mol. The van der Waals surface area contributed by atoms with E-state index in [1.54, 1.807) is 0 Å². The van der Waals surface area contributed by atoms with Crippen molar-refractivity contribution in [3.05, 3.63) is 34.3 Å². The Morgan fingerprint density at radius 2 is 2.21 bits per heavy atom. The largest absolute Gasteiger partial charge is 0.375 e. The first-order chi connectivity index (χ1) is 6.84. The third-order valence-electron chi connectivity index (χ3n) is 2.25. The van der Waals surface area contributed by atoms with Crippen molar-refractivity contribution >= 4 is 15.9 Å². The van der Waals surface area contributed by atoms with E-state index in [2.05, 4.69) is 33.0 Å². The van der Waals surface area contributed by atoms with Gasteiger partial charge in [-0.15, -0.1) is 0 Å². The maximum atomic E-state index is 5.56. The van der Waals surface area contributed by atoms with Crippen LogP contribution in [-0.4, -0.2) is 31.1 Å². The Balaban J connectivity index is 1.68. The molecule has 0 unspecified atom stereocenters. The average molecular weight is 256 g/mol. The first-order valence-electron chi connectivity index (χ1n) is 4.89. The molecule has 76 valence electrons. The molecule has 1 heterocycles. The second-order valence-electron chi connectivity index (χ2n) is 3.52. The zero-order chi connectivity index (χ0) is 9.80. The van der Waals surface area contributed by atoms with Crippen LogP contribution in [0.3, 0.4) is 0 Å². The van der Waals surface area contributed by atoms with Crippen molar-refractivity contribution in [2.45, 2.75) is 6.61 Å². The topological polar surface area (TPSA) is 12.2 Å². The Kier molecular flexibility index (Phi) is 3.56. The smallest absolute Gasteiger partial charge is 0.0717 e. The summed E-state index contributed by atoms with van der Waals surface area (Å²) < 4.78 is 6.68. The Bertz CT molecular complexity index is 299. The Hall–Kier alpha value is -0.380. The Morgan fingerprint density at radius 3 is 2.93 bits per heavy atom. The second kappa shape index (κ2) is 4.91. The summed E-state index contributed by atoms with van der Waals surface area (Å²) in [6.45, 7) is 5.13. The number of halogens is 1. The zero-order valence-electron chi connectivity index (χ0n) is 8.08. The van der Waals surface area contributed by atoms with Crippen LogP contribution in [0.1, 0.15) is 5.56 Å². The highest BCUT2D eigenvalue weighted by molar-refractivity contribution is 9.10. The molecule has 0 atom stereocenters. The van der Waals surface area contributed by atoms with Crippen molar-refractivity contribution in [2.24, 2.45) is 0 Å². The number of ether oxygens (including phenoxy) is 1. The number of rotatable bonds is 5. The maximum absolute atomic E-state index is 5.56. The summed E-state index contributed by atoms with van der Waals surface area (Å²) in [4.78, 5) is 2.36. The van der Waals surface area contributed by atoms with Gasteiger partial charge in [0.1, 0.15) is 0 Å². The third kappa shape index (κ3) is 3.40. The van der Waals surface area contributed by atoms with Crippen LogP contribution in [0.2, 0.25) is 0 Å². The second-order valence-corrected chi connectivity index (χ2v) is 4.44. The van der Waals surface area contributed by atoms with Crippen LogP contribution < -0.4 is 0 Å². The molecule has 0 aliphatic carbocycles. The molecule has 0 spiro atoms. The molecule has 0 N–H and O–H groups in total.